The number of halogens is 1. The zero-order chi connectivity index (χ0) is 23.4. The molecule has 0 aromatic rings. The van der Waals surface area contributed by atoms with Gasteiger partial charge in [0.15, 0.2) is 5.96 Å². The lowest BCUT2D eigenvalue weighted by molar-refractivity contribution is -0.125. The summed E-state index contributed by atoms with van der Waals surface area (Å²) in [6, 6.07) is 0.853. The summed E-state index contributed by atoms with van der Waals surface area (Å²) in [6.07, 6.45) is 10.2. The minimum atomic E-state index is -0.632. The Bertz CT molecular complexity index is 681. The summed E-state index contributed by atoms with van der Waals surface area (Å²) in [4.78, 5) is 20.7. The number of guanidine groups is 1. The first-order chi connectivity index (χ1) is 15.8. The summed E-state index contributed by atoms with van der Waals surface area (Å²) >= 11 is 0. The van der Waals surface area contributed by atoms with Crippen LogP contribution in [0.1, 0.15) is 91.4 Å². The van der Waals surface area contributed by atoms with E-state index in [-0.39, 0.29) is 23.5 Å². The minimum absolute atomic E-state index is 0.0506. The lowest BCUT2D eigenvalue weighted by atomic mass is 9.82. The van der Waals surface area contributed by atoms with E-state index in [1.165, 1.54) is 32.4 Å². The standard InChI is InChI=1S/C25H45FN6O/c1-25(2,3)29-24(27-22-16-21(30-31-22)17-9-11-19(26)12-10-17)28-23(33)18-7-6-8-20(15-18)32-13-4-5-14-32/h17-22,30-31H,4-16H2,1-3H3,(H2,27,28,29,33). The molecule has 188 valence electrons. The number of aliphatic imine (C=N–C) groups is 1. The molecule has 4 rings (SSSR count). The lowest BCUT2D eigenvalue weighted by Gasteiger charge is -2.35. The van der Waals surface area contributed by atoms with Crippen LogP contribution in [0.25, 0.3) is 0 Å². The summed E-state index contributed by atoms with van der Waals surface area (Å²) in [5.41, 5.74) is 6.48. The molecule has 2 aliphatic heterocycles. The Morgan fingerprint density at radius 2 is 1.70 bits per heavy atom. The van der Waals surface area contributed by atoms with Crippen molar-refractivity contribution >= 4 is 11.9 Å². The number of likely N-dealkylation sites (tertiary alicyclic amines) is 1. The molecule has 2 saturated heterocycles. The molecule has 4 unspecified atom stereocenters. The molecule has 2 saturated carbocycles. The molecule has 2 heterocycles. The summed E-state index contributed by atoms with van der Waals surface area (Å²) in [5, 5.41) is 6.56. The SMILES string of the molecule is CC(C)(C)N/C(=N\C1CC(C2CCC(F)CC2)NN1)NC(=O)C1CCCC(N2CCCC2)C1. The van der Waals surface area contributed by atoms with Crippen LogP contribution in [-0.4, -0.2) is 59.8 Å². The van der Waals surface area contributed by atoms with Gasteiger partial charge in [0.1, 0.15) is 12.3 Å². The second kappa shape index (κ2) is 11.0. The van der Waals surface area contributed by atoms with Gasteiger partial charge in [-0.15, -0.1) is 0 Å². The predicted molar refractivity (Wildman–Crippen MR) is 130 cm³/mol. The number of hydrogen-bond donors (Lipinski definition) is 4. The molecule has 7 nitrogen and oxygen atoms in total. The quantitative estimate of drug-likeness (QED) is 0.379. The van der Waals surface area contributed by atoms with Crippen molar-refractivity contribution in [3.8, 4) is 0 Å². The Labute approximate surface area is 199 Å². The second-order valence-corrected chi connectivity index (χ2v) is 11.8. The predicted octanol–water partition coefficient (Wildman–Crippen LogP) is 3.22. The van der Waals surface area contributed by atoms with Crippen LogP contribution in [0.5, 0.6) is 0 Å². The van der Waals surface area contributed by atoms with E-state index in [2.05, 4.69) is 47.2 Å². The minimum Gasteiger partial charge on any atom is -0.351 e. The number of nitrogens with zero attached hydrogens (tertiary/aromatic N) is 2. The molecular weight excluding hydrogens is 419 g/mol. The maximum atomic E-state index is 13.5. The molecule has 4 atom stereocenters. The van der Waals surface area contributed by atoms with Crippen LogP contribution < -0.4 is 21.5 Å². The molecule has 4 N–H and O–H groups in total. The van der Waals surface area contributed by atoms with Crippen LogP contribution in [0.15, 0.2) is 4.99 Å². The maximum absolute atomic E-state index is 13.5. The monoisotopic (exact) mass is 464 g/mol. The van der Waals surface area contributed by atoms with E-state index in [0.717, 1.165) is 38.5 Å². The van der Waals surface area contributed by atoms with Crippen molar-refractivity contribution in [1.82, 2.24) is 26.4 Å². The van der Waals surface area contributed by atoms with Crippen LogP contribution in [-0.2, 0) is 4.79 Å². The average Bonchev–Trinajstić information content (AvgIpc) is 3.46. The van der Waals surface area contributed by atoms with Crippen LogP contribution in [0.3, 0.4) is 0 Å². The van der Waals surface area contributed by atoms with Crippen molar-refractivity contribution in [2.75, 3.05) is 13.1 Å². The van der Waals surface area contributed by atoms with E-state index >= 15 is 0 Å². The van der Waals surface area contributed by atoms with Crippen molar-refractivity contribution < 1.29 is 9.18 Å². The summed E-state index contributed by atoms with van der Waals surface area (Å²) in [5.74, 6) is 1.19. The lowest BCUT2D eigenvalue weighted by Crippen LogP contribution is -2.52. The zero-order valence-corrected chi connectivity index (χ0v) is 20.8. The largest absolute Gasteiger partial charge is 0.351 e. The van der Waals surface area contributed by atoms with E-state index < -0.39 is 6.17 Å². The molecule has 4 aliphatic rings. The molecule has 2 aliphatic carbocycles. The van der Waals surface area contributed by atoms with Crippen molar-refractivity contribution in [3.63, 3.8) is 0 Å². The fourth-order valence-electron chi connectivity index (χ4n) is 6.10. The van der Waals surface area contributed by atoms with Crippen molar-refractivity contribution in [3.05, 3.63) is 0 Å². The number of carbonyl (C=O) groups is 1. The van der Waals surface area contributed by atoms with E-state index in [1.54, 1.807) is 0 Å². The first-order valence-electron chi connectivity index (χ1n) is 13.3. The molecule has 0 bridgehead atoms. The summed E-state index contributed by atoms with van der Waals surface area (Å²) < 4.78 is 13.5. The highest BCUT2D eigenvalue weighted by atomic mass is 19.1. The van der Waals surface area contributed by atoms with E-state index in [9.17, 15) is 9.18 Å². The third-order valence-corrected chi connectivity index (χ3v) is 7.88. The maximum Gasteiger partial charge on any atom is 0.229 e. The fourth-order valence-corrected chi connectivity index (χ4v) is 6.10. The van der Waals surface area contributed by atoms with E-state index in [1.807, 2.05) is 0 Å². The van der Waals surface area contributed by atoms with Crippen molar-refractivity contribution in [2.45, 2.75) is 121 Å². The third-order valence-electron chi connectivity index (χ3n) is 7.88. The van der Waals surface area contributed by atoms with Gasteiger partial charge in [0.2, 0.25) is 5.91 Å². The summed E-state index contributed by atoms with van der Waals surface area (Å²) in [6.45, 7) is 8.61. The van der Waals surface area contributed by atoms with Gasteiger partial charge in [-0.1, -0.05) is 6.42 Å². The smallest absolute Gasteiger partial charge is 0.229 e. The van der Waals surface area contributed by atoms with Crippen molar-refractivity contribution in [2.24, 2.45) is 16.8 Å². The molecule has 1 amide bonds. The number of alkyl halides is 1. The Balaban J connectivity index is 1.35. The molecule has 33 heavy (non-hydrogen) atoms. The molecule has 8 heteroatoms. The molecular formula is C25H45FN6O. The van der Waals surface area contributed by atoms with E-state index in [4.69, 9.17) is 4.99 Å². The molecule has 4 fully saturated rings. The molecule has 0 aromatic heterocycles. The van der Waals surface area contributed by atoms with Gasteiger partial charge < -0.3 is 10.2 Å². The van der Waals surface area contributed by atoms with Gasteiger partial charge in [-0.2, -0.15) is 0 Å². The Morgan fingerprint density at radius 1 is 0.970 bits per heavy atom. The van der Waals surface area contributed by atoms with E-state index in [0.29, 0.717) is 36.8 Å². The number of hydrazine groups is 1. The molecule has 0 radical (unpaired) electrons. The fraction of sp³-hybridized carbons (Fsp3) is 0.920. The molecule has 0 aromatic carbocycles. The van der Waals surface area contributed by atoms with Gasteiger partial charge in [-0.25, -0.2) is 14.8 Å². The van der Waals surface area contributed by atoms with Crippen LogP contribution in [0.4, 0.5) is 4.39 Å². The number of carbonyl (C=O) groups excluding carboxylic acids is 1. The van der Waals surface area contributed by atoms with Crippen molar-refractivity contribution in [1.29, 1.82) is 0 Å². The Morgan fingerprint density at radius 3 is 2.39 bits per heavy atom. The second-order valence-electron chi connectivity index (χ2n) is 11.8. The molecule has 0 spiro atoms. The Kier molecular flexibility index (Phi) is 8.28. The first kappa shape index (κ1) is 24.9. The van der Waals surface area contributed by atoms with Gasteiger partial charge in [0, 0.05) is 30.0 Å². The van der Waals surface area contributed by atoms with Gasteiger partial charge in [0.25, 0.3) is 0 Å². The van der Waals surface area contributed by atoms with Gasteiger partial charge in [-0.3, -0.25) is 15.5 Å². The van der Waals surface area contributed by atoms with Crippen LogP contribution >= 0.6 is 0 Å². The normalized spacial score (nSPS) is 36.7. The number of amides is 1. The number of rotatable bonds is 4. The zero-order valence-electron chi connectivity index (χ0n) is 20.8. The number of nitrogens with one attached hydrogen (secondary N) is 4. The highest BCUT2D eigenvalue weighted by molar-refractivity contribution is 5.98. The third kappa shape index (κ3) is 7.12. The summed E-state index contributed by atoms with van der Waals surface area (Å²) in [7, 11) is 0. The first-order valence-corrected chi connectivity index (χ1v) is 13.3. The average molecular weight is 465 g/mol. The topological polar surface area (TPSA) is 80.8 Å². The highest BCUT2D eigenvalue weighted by Gasteiger charge is 2.35. The van der Waals surface area contributed by atoms with Gasteiger partial charge in [-0.05, 0) is 97.6 Å². The van der Waals surface area contributed by atoms with Crippen LogP contribution in [0, 0.1) is 11.8 Å². The van der Waals surface area contributed by atoms with Gasteiger partial charge >= 0.3 is 0 Å². The number of hydrogen-bond acceptors (Lipinski definition) is 5. The highest BCUT2D eigenvalue weighted by Crippen LogP contribution is 2.32. The Hall–Kier alpha value is -1.25. The van der Waals surface area contributed by atoms with Crippen LogP contribution in [0.2, 0.25) is 0 Å². The van der Waals surface area contributed by atoms with Gasteiger partial charge in [0.05, 0.1) is 0 Å².